The molecule has 2 aromatic rings. The molecule has 0 aliphatic rings. The maximum absolute atomic E-state index is 4.45. The number of benzene rings is 1. The Balaban J connectivity index is 2.46. The molecule has 3 heteroatoms. The van der Waals surface area contributed by atoms with Crippen molar-refractivity contribution in [1.82, 2.24) is 15.3 Å². The fraction of sp³-hybridized carbons (Fsp3) is 0.429. The maximum atomic E-state index is 4.45. The van der Waals surface area contributed by atoms with Crippen LogP contribution in [0.1, 0.15) is 31.9 Å². The summed E-state index contributed by atoms with van der Waals surface area (Å²) in [6.07, 6.45) is 4.60. The molecule has 0 saturated heterocycles. The van der Waals surface area contributed by atoms with E-state index in [0.29, 0.717) is 12.0 Å². The smallest absolute Gasteiger partial charge is 0.0934 e. The molecule has 1 N–H and O–H groups in total. The van der Waals surface area contributed by atoms with Crippen LogP contribution in [0.15, 0.2) is 30.6 Å². The van der Waals surface area contributed by atoms with Crippen LogP contribution in [0.4, 0.5) is 0 Å². The number of aromatic nitrogens is 2. The van der Waals surface area contributed by atoms with E-state index in [2.05, 4.69) is 41.3 Å². The van der Waals surface area contributed by atoms with Gasteiger partial charge in [-0.3, -0.25) is 9.97 Å². The van der Waals surface area contributed by atoms with Crippen LogP contribution in [0.2, 0.25) is 0 Å². The van der Waals surface area contributed by atoms with Crippen molar-refractivity contribution in [2.45, 2.75) is 26.3 Å². The van der Waals surface area contributed by atoms with Crippen molar-refractivity contribution in [3.8, 4) is 0 Å². The Morgan fingerprint density at radius 3 is 2.65 bits per heavy atom. The lowest BCUT2D eigenvalue weighted by Crippen LogP contribution is -2.18. The van der Waals surface area contributed by atoms with Gasteiger partial charge in [0, 0.05) is 18.4 Å². The Kier molecular flexibility index (Phi) is 3.69. The van der Waals surface area contributed by atoms with Crippen LogP contribution in [0.3, 0.4) is 0 Å². The Hall–Kier alpha value is -1.48. The van der Waals surface area contributed by atoms with Gasteiger partial charge in [0.1, 0.15) is 0 Å². The SMILES string of the molecule is CNC(CC(C)C)c1cccc2nccnc12. The van der Waals surface area contributed by atoms with Crippen molar-refractivity contribution in [1.29, 1.82) is 0 Å². The van der Waals surface area contributed by atoms with E-state index in [0.717, 1.165) is 17.5 Å². The van der Waals surface area contributed by atoms with Crippen molar-refractivity contribution in [3.63, 3.8) is 0 Å². The molecular formula is C14H19N3. The third-order valence-electron chi connectivity index (χ3n) is 2.96. The highest BCUT2D eigenvalue weighted by atomic mass is 14.9. The van der Waals surface area contributed by atoms with Gasteiger partial charge in [-0.1, -0.05) is 26.0 Å². The van der Waals surface area contributed by atoms with Crippen molar-refractivity contribution < 1.29 is 0 Å². The molecule has 0 fully saturated rings. The fourth-order valence-corrected chi connectivity index (χ4v) is 2.17. The van der Waals surface area contributed by atoms with E-state index in [4.69, 9.17) is 0 Å². The first-order valence-electron chi connectivity index (χ1n) is 6.09. The summed E-state index contributed by atoms with van der Waals surface area (Å²) in [5.41, 5.74) is 3.22. The van der Waals surface area contributed by atoms with E-state index in [1.807, 2.05) is 13.1 Å². The topological polar surface area (TPSA) is 37.8 Å². The van der Waals surface area contributed by atoms with Gasteiger partial charge in [0.25, 0.3) is 0 Å². The number of hydrogen-bond acceptors (Lipinski definition) is 3. The lowest BCUT2D eigenvalue weighted by atomic mass is 9.96. The minimum Gasteiger partial charge on any atom is -0.313 e. The van der Waals surface area contributed by atoms with Gasteiger partial charge in [0.2, 0.25) is 0 Å². The summed E-state index contributed by atoms with van der Waals surface area (Å²) in [6.45, 7) is 4.47. The molecule has 3 nitrogen and oxygen atoms in total. The minimum atomic E-state index is 0.343. The first kappa shape index (κ1) is 12.0. The largest absolute Gasteiger partial charge is 0.313 e. The van der Waals surface area contributed by atoms with E-state index < -0.39 is 0 Å². The zero-order valence-corrected chi connectivity index (χ0v) is 10.6. The number of fused-ring (bicyclic) bond motifs is 1. The first-order chi connectivity index (χ1) is 8.22. The van der Waals surface area contributed by atoms with Gasteiger partial charge in [0.05, 0.1) is 11.0 Å². The highest BCUT2D eigenvalue weighted by Gasteiger charge is 2.14. The molecule has 0 aliphatic heterocycles. The van der Waals surface area contributed by atoms with Crippen molar-refractivity contribution in [3.05, 3.63) is 36.2 Å². The van der Waals surface area contributed by atoms with Crippen LogP contribution < -0.4 is 5.32 Å². The summed E-state index contributed by atoms with van der Waals surface area (Å²) in [4.78, 5) is 8.80. The molecule has 90 valence electrons. The zero-order valence-electron chi connectivity index (χ0n) is 10.6. The Labute approximate surface area is 102 Å². The van der Waals surface area contributed by atoms with Crippen LogP contribution in [0.5, 0.6) is 0 Å². The molecule has 1 aromatic heterocycles. The van der Waals surface area contributed by atoms with Crippen molar-refractivity contribution in [2.24, 2.45) is 5.92 Å². The van der Waals surface area contributed by atoms with E-state index in [1.165, 1.54) is 5.56 Å². The summed E-state index contributed by atoms with van der Waals surface area (Å²) in [5.74, 6) is 0.652. The van der Waals surface area contributed by atoms with Gasteiger partial charge in [-0.25, -0.2) is 0 Å². The molecule has 0 spiro atoms. The van der Waals surface area contributed by atoms with E-state index >= 15 is 0 Å². The number of nitrogens with zero attached hydrogens (tertiary/aromatic N) is 2. The van der Waals surface area contributed by atoms with Gasteiger partial charge in [-0.05, 0) is 31.0 Å². The predicted octanol–water partition coefficient (Wildman–Crippen LogP) is 2.94. The standard InChI is InChI=1S/C14H19N3/c1-10(2)9-13(15-3)11-5-4-6-12-14(11)17-8-7-16-12/h4-8,10,13,15H,9H2,1-3H3. The fourth-order valence-electron chi connectivity index (χ4n) is 2.17. The average Bonchev–Trinajstić information content (AvgIpc) is 2.35. The molecule has 1 atom stereocenters. The average molecular weight is 229 g/mol. The quantitative estimate of drug-likeness (QED) is 0.876. The van der Waals surface area contributed by atoms with E-state index in [-0.39, 0.29) is 0 Å². The van der Waals surface area contributed by atoms with Crippen LogP contribution in [-0.4, -0.2) is 17.0 Å². The minimum absolute atomic E-state index is 0.343. The van der Waals surface area contributed by atoms with E-state index in [9.17, 15) is 0 Å². The van der Waals surface area contributed by atoms with Crippen LogP contribution in [0, 0.1) is 5.92 Å². The van der Waals surface area contributed by atoms with Crippen molar-refractivity contribution >= 4 is 11.0 Å². The van der Waals surface area contributed by atoms with Crippen LogP contribution in [-0.2, 0) is 0 Å². The normalized spacial score (nSPS) is 13.2. The molecule has 1 unspecified atom stereocenters. The molecular weight excluding hydrogens is 210 g/mol. The summed E-state index contributed by atoms with van der Waals surface area (Å²) >= 11 is 0. The van der Waals surface area contributed by atoms with E-state index in [1.54, 1.807) is 12.4 Å². The maximum Gasteiger partial charge on any atom is 0.0934 e. The molecule has 2 rings (SSSR count). The molecule has 0 aliphatic carbocycles. The Bertz CT molecular complexity index is 488. The Morgan fingerprint density at radius 1 is 1.18 bits per heavy atom. The van der Waals surface area contributed by atoms with Gasteiger partial charge in [-0.2, -0.15) is 0 Å². The van der Waals surface area contributed by atoms with Gasteiger partial charge >= 0.3 is 0 Å². The molecule has 1 heterocycles. The lowest BCUT2D eigenvalue weighted by Gasteiger charge is -2.19. The monoisotopic (exact) mass is 229 g/mol. The zero-order chi connectivity index (χ0) is 12.3. The molecule has 1 aromatic carbocycles. The van der Waals surface area contributed by atoms with Gasteiger partial charge < -0.3 is 5.32 Å². The third-order valence-corrected chi connectivity index (χ3v) is 2.96. The molecule has 0 amide bonds. The second-order valence-corrected chi connectivity index (χ2v) is 4.74. The van der Waals surface area contributed by atoms with Crippen LogP contribution >= 0.6 is 0 Å². The van der Waals surface area contributed by atoms with Crippen LogP contribution in [0.25, 0.3) is 11.0 Å². The predicted molar refractivity (Wildman–Crippen MR) is 70.8 cm³/mol. The molecule has 0 saturated carbocycles. The summed E-state index contributed by atoms with van der Waals surface area (Å²) in [5, 5.41) is 3.37. The number of para-hydroxylation sites is 1. The van der Waals surface area contributed by atoms with Gasteiger partial charge in [0.15, 0.2) is 0 Å². The summed E-state index contributed by atoms with van der Waals surface area (Å²) in [7, 11) is 2.00. The first-order valence-corrected chi connectivity index (χ1v) is 6.09. The highest BCUT2D eigenvalue weighted by molar-refractivity contribution is 5.78. The van der Waals surface area contributed by atoms with Crippen molar-refractivity contribution in [2.75, 3.05) is 7.05 Å². The van der Waals surface area contributed by atoms with Gasteiger partial charge in [-0.15, -0.1) is 0 Å². The number of hydrogen-bond donors (Lipinski definition) is 1. The second-order valence-electron chi connectivity index (χ2n) is 4.74. The lowest BCUT2D eigenvalue weighted by molar-refractivity contribution is 0.458. The second kappa shape index (κ2) is 5.23. The summed E-state index contributed by atoms with van der Waals surface area (Å²) in [6, 6.07) is 6.54. The number of nitrogens with one attached hydrogen (secondary N) is 1. The highest BCUT2D eigenvalue weighted by Crippen LogP contribution is 2.25. The molecule has 17 heavy (non-hydrogen) atoms. The number of rotatable bonds is 4. The third kappa shape index (κ3) is 2.61. The summed E-state index contributed by atoms with van der Waals surface area (Å²) < 4.78 is 0. The molecule has 0 radical (unpaired) electrons. The molecule has 0 bridgehead atoms. The Morgan fingerprint density at radius 2 is 1.94 bits per heavy atom.